The zero-order valence-corrected chi connectivity index (χ0v) is 20.6. The van der Waals surface area contributed by atoms with E-state index in [1.54, 1.807) is 12.1 Å². The lowest BCUT2D eigenvalue weighted by molar-refractivity contribution is -0.113. The van der Waals surface area contributed by atoms with E-state index in [2.05, 4.69) is 22.1 Å². The van der Waals surface area contributed by atoms with Crippen LogP contribution in [0.15, 0.2) is 48.1 Å². The maximum absolute atomic E-state index is 12.6. The summed E-state index contributed by atoms with van der Waals surface area (Å²) in [6, 6.07) is 9.49. The number of thiophene rings is 1. The highest BCUT2D eigenvalue weighted by Crippen LogP contribution is 2.29. The predicted octanol–water partition coefficient (Wildman–Crippen LogP) is 4.80. The summed E-state index contributed by atoms with van der Waals surface area (Å²) in [5.41, 5.74) is 1.45. The molecule has 1 aromatic carbocycles. The van der Waals surface area contributed by atoms with Crippen LogP contribution in [-0.4, -0.2) is 39.5 Å². The Hall–Kier alpha value is -3.11. The summed E-state index contributed by atoms with van der Waals surface area (Å²) in [5, 5.41) is 12.4. The van der Waals surface area contributed by atoms with E-state index in [1.165, 1.54) is 30.2 Å². The van der Waals surface area contributed by atoms with E-state index in [1.807, 2.05) is 49.6 Å². The molecular weight excluding hydrogens is 460 g/mol. The number of anilines is 1. The number of carbonyl (C=O) groups excluding carboxylic acids is 2. The minimum absolute atomic E-state index is 0.0972. The van der Waals surface area contributed by atoms with Crippen LogP contribution in [0.5, 0.6) is 5.75 Å². The Bertz CT molecular complexity index is 1160. The summed E-state index contributed by atoms with van der Waals surface area (Å²) < 4.78 is 12.7. The maximum atomic E-state index is 12.6. The molecule has 0 aliphatic carbocycles. The van der Waals surface area contributed by atoms with Crippen LogP contribution in [0.1, 0.15) is 39.7 Å². The average Bonchev–Trinajstić information content (AvgIpc) is 3.35. The number of hydrogen-bond acceptors (Lipinski definition) is 8. The number of carbonyl (C=O) groups is 2. The van der Waals surface area contributed by atoms with E-state index in [-0.39, 0.29) is 17.8 Å². The molecule has 2 aromatic heterocycles. The van der Waals surface area contributed by atoms with Crippen LogP contribution >= 0.6 is 23.1 Å². The molecule has 0 bridgehead atoms. The predicted molar refractivity (Wildman–Crippen MR) is 130 cm³/mol. The number of nitrogens with zero attached hydrogens (tertiary/aromatic N) is 3. The number of amides is 1. The Kier molecular flexibility index (Phi) is 8.29. The number of esters is 1. The Morgan fingerprint density at radius 2 is 2.09 bits per heavy atom. The third-order valence-electron chi connectivity index (χ3n) is 4.57. The standard InChI is InChI=1S/C23H26N4O4S2/c1-6-10-27-20(16(4)31-17-9-7-8-14(2)11-17)25-26-23(27)32-13-19(28)24-21-18(22(29)30-5)12-15(3)33-21/h6-9,11-12,16H,1,10,13H2,2-5H3,(H,24,28). The smallest absolute Gasteiger partial charge is 0.340 e. The molecule has 2 heterocycles. The fraction of sp³-hybridized carbons (Fsp3) is 0.304. The third-order valence-corrected chi connectivity index (χ3v) is 6.50. The quantitative estimate of drug-likeness (QED) is 0.250. The Balaban J connectivity index is 1.69. The van der Waals surface area contributed by atoms with E-state index in [0.717, 1.165) is 16.2 Å². The van der Waals surface area contributed by atoms with Gasteiger partial charge in [0.2, 0.25) is 5.91 Å². The first-order valence-electron chi connectivity index (χ1n) is 10.2. The Morgan fingerprint density at radius 1 is 1.30 bits per heavy atom. The highest BCUT2D eigenvalue weighted by molar-refractivity contribution is 7.99. The van der Waals surface area contributed by atoms with Crippen LogP contribution in [0.3, 0.4) is 0 Å². The van der Waals surface area contributed by atoms with Crippen molar-refractivity contribution in [3.8, 4) is 5.75 Å². The topological polar surface area (TPSA) is 95.3 Å². The van der Waals surface area contributed by atoms with Crippen molar-refractivity contribution in [2.75, 3.05) is 18.2 Å². The molecule has 3 aromatic rings. The Labute approximate surface area is 201 Å². The molecule has 0 aliphatic heterocycles. The van der Waals surface area contributed by atoms with Gasteiger partial charge in [-0.3, -0.25) is 9.36 Å². The number of aryl methyl sites for hydroxylation is 2. The summed E-state index contributed by atoms with van der Waals surface area (Å²) >= 11 is 2.57. The van der Waals surface area contributed by atoms with Crippen LogP contribution in [0, 0.1) is 13.8 Å². The van der Waals surface area contributed by atoms with Gasteiger partial charge in [0.1, 0.15) is 10.8 Å². The first-order chi connectivity index (χ1) is 15.8. The van der Waals surface area contributed by atoms with Crippen molar-refractivity contribution in [1.82, 2.24) is 14.8 Å². The first-order valence-corrected chi connectivity index (χ1v) is 12.0. The molecule has 174 valence electrons. The number of rotatable bonds is 10. The second-order valence-corrected chi connectivity index (χ2v) is 9.44. The number of allylic oxidation sites excluding steroid dienone is 1. The number of benzene rings is 1. The van der Waals surface area contributed by atoms with Gasteiger partial charge in [-0.1, -0.05) is 30.0 Å². The number of aromatic nitrogens is 3. The van der Waals surface area contributed by atoms with E-state index in [9.17, 15) is 9.59 Å². The van der Waals surface area contributed by atoms with E-state index < -0.39 is 5.97 Å². The van der Waals surface area contributed by atoms with Crippen molar-refractivity contribution >= 4 is 40.0 Å². The largest absolute Gasteiger partial charge is 0.483 e. The minimum atomic E-state index is -0.486. The van der Waals surface area contributed by atoms with Gasteiger partial charge in [-0.2, -0.15) is 0 Å². The van der Waals surface area contributed by atoms with Crippen LogP contribution < -0.4 is 10.1 Å². The summed E-state index contributed by atoms with van der Waals surface area (Å²) in [4.78, 5) is 25.4. The fourth-order valence-electron chi connectivity index (χ4n) is 3.12. The van der Waals surface area contributed by atoms with E-state index >= 15 is 0 Å². The Morgan fingerprint density at radius 3 is 2.79 bits per heavy atom. The number of ether oxygens (including phenoxy) is 2. The van der Waals surface area contributed by atoms with Crippen LogP contribution in [0.4, 0.5) is 5.00 Å². The van der Waals surface area contributed by atoms with E-state index in [0.29, 0.717) is 28.1 Å². The summed E-state index contributed by atoms with van der Waals surface area (Å²) in [7, 11) is 1.31. The number of hydrogen-bond donors (Lipinski definition) is 1. The molecule has 1 N–H and O–H groups in total. The normalized spacial score (nSPS) is 11.6. The zero-order valence-electron chi connectivity index (χ0n) is 19.0. The minimum Gasteiger partial charge on any atom is -0.483 e. The number of nitrogens with one attached hydrogen (secondary N) is 1. The summed E-state index contributed by atoms with van der Waals surface area (Å²) in [5.74, 6) is 0.740. The van der Waals surface area contributed by atoms with Crippen molar-refractivity contribution in [2.45, 2.75) is 38.6 Å². The van der Waals surface area contributed by atoms with Gasteiger partial charge >= 0.3 is 5.97 Å². The summed E-state index contributed by atoms with van der Waals surface area (Å²) in [6.07, 6.45) is 1.40. The molecule has 8 nitrogen and oxygen atoms in total. The molecule has 10 heteroatoms. The van der Waals surface area contributed by atoms with Crippen molar-refractivity contribution < 1.29 is 19.1 Å². The zero-order chi connectivity index (χ0) is 24.0. The average molecular weight is 487 g/mol. The lowest BCUT2D eigenvalue weighted by Crippen LogP contribution is -2.16. The maximum Gasteiger partial charge on any atom is 0.340 e. The molecule has 1 unspecified atom stereocenters. The second kappa shape index (κ2) is 11.2. The van der Waals surface area contributed by atoms with Gasteiger partial charge in [-0.15, -0.1) is 28.1 Å². The highest BCUT2D eigenvalue weighted by Gasteiger charge is 2.21. The first kappa shape index (κ1) is 24.5. The van der Waals surface area contributed by atoms with Crippen molar-refractivity contribution in [2.24, 2.45) is 0 Å². The molecule has 0 aliphatic rings. The molecule has 1 atom stereocenters. The second-order valence-electron chi connectivity index (χ2n) is 7.24. The lowest BCUT2D eigenvalue weighted by atomic mass is 10.2. The van der Waals surface area contributed by atoms with Crippen LogP contribution in [-0.2, 0) is 16.1 Å². The van der Waals surface area contributed by atoms with Gasteiger partial charge in [-0.05, 0) is 44.5 Å². The molecule has 3 rings (SSSR count). The SMILES string of the molecule is C=CCn1c(SCC(=O)Nc2sc(C)cc2C(=O)OC)nnc1C(C)Oc1cccc(C)c1. The van der Waals surface area contributed by atoms with Crippen molar-refractivity contribution in [3.63, 3.8) is 0 Å². The third kappa shape index (κ3) is 6.23. The van der Waals surface area contributed by atoms with Crippen molar-refractivity contribution in [3.05, 3.63) is 64.8 Å². The molecule has 0 saturated carbocycles. The van der Waals surface area contributed by atoms with Gasteiger partial charge in [0, 0.05) is 11.4 Å². The molecule has 0 spiro atoms. The molecule has 1 amide bonds. The molecule has 0 fully saturated rings. The fourth-order valence-corrected chi connectivity index (χ4v) is 4.79. The molecule has 0 radical (unpaired) electrons. The summed E-state index contributed by atoms with van der Waals surface area (Å²) in [6.45, 7) is 10.1. The molecule has 33 heavy (non-hydrogen) atoms. The highest BCUT2D eigenvalue weighted by atomic mass is 32.2. The van der Waals surface area contributed by atoms with Crippen LogP contribution in [0.25, 0.3) is 0 Å². The number of thioether (sulfide) groups is 1. The molecular formula is C23H26N4O4S2. The van der Waals surface area contributed by atoms with Gasteiger partial charge in [0.05, 0.1) is 18.4 Å². The monoisotopic (exact) mass is 486 g/mol. The van der Waals surface area contributed by atoms with Crippen LogP contribution in [0.2, 0.25) is 0 Å². The van der Waals surface area contributed by atoms with Gasteiger partial charge in [0.15, 0.2) is 17.1 Å². The molecule has 0 saturated heterocycles. The lowest BCUT2D eigenvalue weighted by Gasteiger charge is -2.16. The van der Waals surface area contributed by atoms with Gasteiger partial charge in [0.25, 0.3) is 0 Å². The van der Waals surface area contributed by atoms with E-state index in [4.69, 9.17) is 9.47 Å². The van der Waals surface area contributed by atoms with Crippen molar-refractivity contribution in [1.29, 1.82) is 0 Å². The van der Waals surface area contributed by atoms with Gasteiger partial charge in [-0.25, -0.2) is 4.79 Å². The number of methoxy groups -OCH3 is 1. The van der Waals surface area contributed by atoms with Gasteiger partial charge < -0.3 is 14.8 Å².